The first kappa shape index (κ1) is 12.0. The molecule has 1 saturated heterocycles. The van der Waals surface area contributed by atoms with Gasteiger partial charge in [-0.2, -0.15) is 0 Å². The Morgan fingerprint density at radius 3 is 3.19 bits per heavy atom. The summed E-state index contributed by atoms with van der Waals surface area (Å²) in [5.74, 6) is 0. The van der Waals surface area contributed by atoms with Crippen LogP contribution in [-0.2, 0) is 11.3 Å². The normalized spacial score (nSPS) is 22.5. The van der Waals surface area contributed by atoms with Crippen molar-refractivity contribution in [2.24, 2.45) is 0 Å². The molecule has 5 heteroatoms. The molecule has 0 aromatic carbocycles. The number of rotatable bonds is 5. The summed E-state index contributed by atoms with van der Waals surface area (Å²) >= 11 is 3.48. The maximum absolute atomic E-state index is 5.58. The Balaban J connectivity index is 1.72. The van der Waals surface area contributed by atoms with Gasteiger partial charge in [-0.15, -0.1) is 5.10 Å². The van der Waals surface area contributed by atoms with Gasteiger partial charge in [0, 0.05) is 19.3 Å². The van der Waals surface area contributed by atoms with Crippen molar-refractivity contribution in [2.75, 3.05) is 6.61 Å². The Labute approximate surface area is 104 Å². The van der Waals surface area contributed by atoms with Crippen LogP contribution in [0.1, 0.15) is 43.1 Å². The van der Waals surface area contributed by atoms with Gasteiger partial charge in [0.2, 0.25) is 0 Å². The first-order chi connectivity index (χ1) is 7.75. The molecule has 90 valence electrons. The lowest BCUT2D eigenvalue weighted by atomic mass is 10.1. The molecule has 1 aromatic heterocycles. The molecule has 0 aliphatic carbocycles. The summed E-state index contributed by atoms with van der Waals surface area (Å²) in [5, 5.41) is 8.20. The number of ether oxygens (including phenoxy) is 1. The Hall–Kier alpha value is -0.420. The van der Waals surface area contributed by atoms with Crippen molar-refractivity contribution < 1.29 is 4.74 Å². The minimum Gasteiger partial charge on any atom is -0.378 e. The van der Waals surface area contributed by atoms with E-state index in [0.29, 0.717) is 6.10 Å². The van der Waals surface area contributed by atoms with Crippen LogP contribution >= 0.6 is 15.9 Å². The van der Waals surface area contributed by atoms with E-state index in [2.05, 4.69) is 33.2 Å². The molecule has 1 aliphatic rings. The van der Waals surface area contributed by atoms with Crippen LogP contribution in [0.25, 0.3) is 0 Å². The van der Waals surface area contributed by atoms with E-state index in [1.165, 1.54) is 12.8 Å². The van der Waals surface area contributed by atoms with Crippen LogP contribution in [0.2, 0.25) is 0 Å². The van der Waals surface area contributed by atoms with Crippen LogP contribution in [0.5, 0.6) is 0 Å². The zero-order chi connectivity index (χ0) is 11.4. The molecule has 1 fully saturated rings. The second-order valence-corrected chi connectivity index (χ2v) is 5.67. The highest BCUT2D eigenvalue weighted by atomic mass is 79.9. The first-order valence-electron chi connectivity index (χ1n) is 5.91. The van der Waals surface area contributed by atoms with Crippen molar-refractivity contribution in [1.29, 1.82) is 0 Å². The predicted molar refractivity (Wildman–Crippen MR) is 65.6 cm³/mol. The molecular formula is C11H18BrN3O. The third-order valence-corrected chi connectivity index (χ3v) is 3.37. The molecule has 0 N–H and O–H groups in total. The minimum atomic E-state index is 0.277. The van der Waals surface area contributed by atoms with Gasteiger partial charge < -0.3 is 4.74 Å². The van der Waals surface area contributed by atoms with E-state index in [0.717, 1.165) is 31.7 Å². The lowest BCUT2D eigenvalue weighted by Gasteiger charge is -2.08. The number of alkyl halides is 1. The largest absolute Gasteiger partial charge is 0.378 e. The van der Waals surface area contributed by atoms with Crippen molar-refractivity contribution in [3.8, 4) is 0 Å². The van der Waals surface area contributed by atoms with E-state index in [4.69, 9.17) is 4.74 Å². The van der Waals surface area contributed by atoms with Crippen molar-refractivity contribution in [3.05, 3.63) is 11.9 Å². The number of hydrogen-bond donors (Lipinski definition) is 0. The highest BCUT2D eigenvalue weighted by molar-refractivity contribution is 9.09. The van der Waals surface area contributed by atoms with Crippen molar-refractivity contribution in [1.82, 2.24) is 15.0 Å². The molecular weight excluding hydrogens is 270 g/mol. The van der Waals surface area contributed by atoms with E-state index in [1.807, 2.05) is 10.9 Å². The number of hydrogen-bond acceptors (Lipinski definition) is 3. The van der Waals surface area contributed by atoms with Gasteiger partial charge in [0.05, 0.1) is 16.6 Å². The quantitative estimate of drug-likeness (QED) is 0.782. The third kappa shape index (κ3) is 3.28. The summed E-state index contributed by atoms with van der Waals surface area (Å²) in [6.45, 7) is 3.94. The summed E-state index contributed by atoms with van der Waals surface area (Å²) in [4.78, 5) is 0.277. The van der Waals surface area contributed by atoms with E-state index in [1.54, 1.807) is 0 Å². The molecule has 4 nitrogen and oxygen atoms in total. The van der Waals surface area contributed by atoms with Crippen LogP contribution in [0.3, 0.4) is 0 Å². The lowest BCUT2D eigenvalue weighted by Crippen LogP contribution is -2.07. The van der Waals surface area contributed by atoms with Gasteiger partial charge in [0.25, 0.3) is 0 Å². The van der Waals surface area contributed by atoms with Gasteiger partial charge in [0.15, 0.2) is 0 Å². The molecule has 1 aromatic rings. The fraction of sp³-hybridized carbons (Fsp3) is 0.818. The maximum Gasteiger partial charge on any atom is 0.0960 e. The summed E-state index contributed by atoms with van der Waals surface area (Å²) < 4.78 is 7.50. The second-order valence-electron chi connectivity index (χ2n) is 4.30. The zero-order valence-electron chi connectivity index (χ0n) is 9.60. The number of aromatic nitrogens is 3. The van der Waals surface area contributed by atoms with Gasteiger partial charge >= 0.3 is 0 Å². The van der Waals surface area contributed by atoms with Crippen LogP contribution in [-0.4, -0.2) is 27.7 Å². The molecule has 2 atom stereocenters. The van der Waals surface area contributed by atoms with Gasteiger partial charge in [-0.1, -0.05) is 21.1 Å². The predicted octanol–water partition coefficient (Wildman–Crippen LogP) is 2.69. The molecule has 0 spiro atoms. The molecule has 0 saturated carbocycles. The van der Waals surface area contributed by atoms with Crippen LogP contribution in [0, 0.1) is 0 Å². The van der Waals surface area contributed by atoms with Gasteiger partial charge in [-0.3, -0.25) is 4.68 Å². The summed E-state index contributed by atoms with van der Waals surface area (Å²) in [6.07, 6.45) is 7.19. The average molecular weight is 288 g/mol. The van der Waals surface area contributed by atoms with E-state index >= 15 is 0 Å². The van der Waals surface area contributed by atoms with Gasteiger partial charge in [-0.25, -0.2) is 0 Å². The molecule has 0 bridgehead atoms. The van der Waals surface area contributed by atoms with Crippen LogP contribution < -0.4 is 0 Å². The Morgan fingerprint density at radius 2 is 2.56 bits per heavy atom. The maximum atomic E-state index is 5.58. The smallest absolute Gasteiger partial charge is 0.0960 e. The summed E-state index contributed by atoms with van der Waals surface area (Å²) in [6, 6.07) is 0. The minimum absolute atomic E-state index is 0.277. The molecule has 2 heterocycles. The second kappa shape index (κ2) is 5.77. The summed E-state index contributed by atoms with van der Waals surface area (Å²) in [5.41, 5.74) is 0.997. The Kier molecular flexibility index (Phi) is 4.35. The fourth-order valence-electron chi connectivity index (χ4n) is 1.96. The molecule has 16 heavy (non-hydrogen) atoms. The van der Waals surface area contributed by atoms with E-state index < -0.39 is 0 Å². The SMILES string of the molecule is CC(Br)c1cn(CCCC2CCCO2)nn1. The molecule has 0 radical (unpaired) electrons. The molecule has 2 unspecified atom stereocenters. The van der Waals surface area contributed by atoms with Gasteiger partial charge in [0.1, 0.15) is 0 Å². The highest BCUT2D eigenvalue weighted by Gasteiger charge is 2.14. The summed E-state index contributed by atoms with van der Waals surface area (Å²) in [7, 11) is 0. The monoisotopic (exact) mass is 287 g/mol. The molecule has 0 amide bonds. The van der Waals surface area contributed by atoms with E-state index in [9.17, 15) is 0 Å². The molecule has 2 rings (SSSR count). The van der Waals surface area contributed by atoms with Gasteiger partial charge in [-0.05, 0) is 32.6 Å². The van der Waals surface area contributed by atoms with Crippen molar-refractivity contribution in [3.63, 3.8) is 0 Å². The average Bonchev–Trinajstić information content (AvgIpc) is 2.87. The number of aryl methyl sites for hydroxylation is 1. The fourth-order valence-corrected chi connectivity index (χ4v) is 2.17. The number of halogens is 1. The number of nitrogens with zero attached hydrogens (tertiary/aromatic N) is 3. The first-order valence-corrected chi connectivity index (χ1v) is 6.83. The standard InChI is InChI=1S/C11H18BrN3O/c1-9(12)11-8-15(14-13-11)6-2-4-10-5-3-7-16-10/h8-10H,2-7H2,1H3. The van der Waals surface area contributed by atoms with Crippen molar-refractivity contribution >= 4 is 15.9 Å². The Morgan fingerprint density at radius 1 is 1.69 bits per heavy atom. The third-order valence-electron chi connectivity index (χ3n) is 2.90. The van der Waals surface area contributed by atoms with Crippen LogP contribution in [0.15, 0.2) is 6.20 Å². The highest BCUT2D eigenvalue weighted by Crippen LogP contribution is 2.19. The molecule has 1 aliphatic heterocycles. The Bertz CT molecular complexity index is 321. The topological polar surface area (TPSA) is 39.9 Å². The van der Waals surface area contributed by atoms with Crippen molar-refractivity contribution in [2.45, 2.75) is 50.1 Å². The lowest BCUT2D eigenvalue weighted by molar-refractivity contribution is 0.101. The zero-order valence-corrected chi connectivity index (χ0v) is 11.2. The van der Waals surface area contributed by atoms with E-state index in [-0.39, 0.29) is 4.83 Å². The van der Waals surface area contributed by atoms with Crippen LogP contribution in [0.4, 0.5) is 0 Å².